The number of nitrogens with zero attached hydrogens (tertiary/aromatic N) is 5. The molecule has 2 fully saturated rings. The van der Waals surface area contributed by atoms with Gasteiger partial charge in [-0.25, -0.2) is 14.4 Å². The molecule has 5 rings (SSSR count). The lowest BCUT2D eigenvalue weighted by atomic mass is 10.1. The normalized spacial score (nSPS) is 18.9. The van der Waals surface area contributed by atoms with Crippen molar-refractivity contribution in [3.05, 3.63) is 42.7 Å². The molecule has 3 aromatic rings. The molecule has 0 spiro atoms. The lowest BCUT2D eigenvalue weighted by molar-refractivity contribution is -0.142. The molecule has 1 atom stereocenters. The lowest BCUT2D eigenvalue weighted by Gasteiger charge is -2.37. The summed E-state index contributed by atoms with van der Waals surface area (Å²) in [5, 5.41) is 6.75. The summed E-state index contributed by atoms with van der Waals surface area (Å²) in [4.78, 5) is 29.9. The van der Waals surface area contributed by atoms with Crippen molar-refractivity contribution in [1.82, 2.24) is 25.2 Å². The van der Waals surface area contributed by atoms with E-state index >= 15 is 0 Å². The van der Waals surface area contributed by atoms with Crippen molar-refractivity contribution in [3.63, 3.8) is 0 Å². The van der Waals surface area contributed by atoms with Crippen molar-refractivity contribution in [2.24, 2.45) is 0 Å². The molecule has 10 heteroatoms. The first-order valence-electron chi connectivity index (χ1n) is 12.4. The summed E-state index contributed by atoms with van der Waals surface area (Å²) in [5.74, 6) is 0.240. The third-order valence-electron chi connectivity index (χ3n) is 6.56. The standard InChI is InChI=1S/C26H32FN7O2/c1-26(2,27)25(35)34-12-10-33(11-13-34)19-5-3-18(4-6-19)21-15-22-23(30-8-7-29-22)24(32-21)31-17-20-16-28-9-14-36-20/h3-8,15,20,28H,9-14,16-17H2,1-2H3,(H,31,32). The van der Waals surface area contributed by atoms with Crippen LogP contribution in [0, 0.1) is 0 Å². The van der Waals surface area contributed by atoms with Crippen LogP contribution in [0.4, 0.5) is 15.9 Å². The van der Waals surface area contributed by atoms with E-state index in [4.69, 9.17) is 9.72 Å². The number of alkyl halides is 1. The van der Waals surface area contributed by atoms with Crippen LogP contribution in [0.3, 0.4) is 0 Å². The highest BCUT2D eigenvalue weighted by Crippen LogP contribution is 2.28. The predicted octanol–water partition coefficient (Wildman–Crippen LogP) is 2.49. The molecule has 0 bridgehead atoms. The third-order valence-corrected chi connectivity index (χ3v) is 6.56. The van der Waals surface area contributed by atoms with E-state index < -0.39 is 11.6 Å². The van der Waals surface area contributed by atoms with Crippen LogP contribution in [0.15, 0.2) is 42.7 Å². The lowest BCUT2D eigenvalue weighted by Crippen LogP contribution is -2.53. The predicted molar refractivity (Wildman–Crippen MR) is 138 cm³/mol. The highest BCUT2D eigenvalue weighted by molar-refractivity contribution is 5.88. The number of morpholine rings is 1. The van der Waals surface area contributed by atoms with Gasteiger partial charge >= 0.3 is 0 Å². The SMILES string of the molecule is CC(C)(F)C(=O)N1CCN(c2ccc(-c3cc4nccnc4c(NCC4CNCCO4)n3)cc2)CC1. The Morgan fingerprint density at radius 1 is 1.17 bits per heavy atom. The molecule has 0 saturated carbocycles. The van der Waals surface area contributed by atoms with Gasteiger partial charge in [0.1, 0.15) is 5.52 Å². The van der Waals surface area contributed by atoms with E-state index in [1.807, 2.05) is 18.2 Å². The van der Waals surface area contributed by atoms with Gasteiger partial charge in [-0.1, -0.05) is 12.1 Å². The molecular weight excluding hydrogens is 461 g/mol. The Morgan fingerprint density at radius 3 is 2.61 bits per heavy atom. The van der Waals surface area contributed by atoms with Crippen molar-refractivity contribution in [3.8, 4) is 11.3 Å². The minimum absolute atomic E-state index is 0.0712. The van der Waals surface area contributed by atoms with Gasteiger partial charge < -0.3 is 25.2 Å². The van der Waals surface area contributed by atoms with E-state index in [0.717, 1.165) is 41.1 Å². The highest BCUT2D eigenvalue weighted by Gasteiger charge is 2.33. The summed E-state index contributed by atoms with van der Waals surface area (Å²) < 4.78 is 19.8. The van der Waals surface area contributed by atoms with Gasteiger partial charge in [0.2, 0.25) is 0 Å². The van der Waals surface area contributed by atoms with Crippen molar-refractivity contribution >= 4 is 28.4 Å². The number of carbonyl (C=O) groups excluding carboxylic acids is 1. The molecular formula is C26H32FN7O2. The van der Waals surface area contributed by atoms with Crippen molar-refractivity contribution < 1.29 is 13.9 Å². The molecule has 1 amide bonds. The first kappa shape index (κ1) is 24.3. The molecule has 2 aliphatic heterocycles. The van der Waals surface area contributed by atoms with E-state index in [2.05, 4.69) is 37.6 Å². The maximum Gasteiger partial charge on any atom is 0.259 e. The molecule has 2 N–H and O–H groups in total. The summed E-state index contributed by atoms with van der Waals surface area (Å²) in [6, 6.07) is 10.1. The zero-order valence-corrected chi connectivity index (χ0v) is 20.7. The average molecular weight is 494 g/mol. The van der Waals surface area contributed by atoms with E-state index in [1.54, 1.807) is 17.3 Å². The summed E-state index contributed by atoms with van der Waals surface area (Å²) >= 11 is 0. The highest BCUT2D eigenvalue weighted by atomic mass is 19.1. The van der Waals surface area contributed by atoms with Gasteiger partial charge in [0, 0.05) is 69.5 Å². The Kier molecular flexibility index (Phi) is 6.97. The second kappa shape index (κ2) is 10.3. The largest absolute Gasteiger partial charge is 0.374 e. The maximum atomic E-state index is 14.0. The van der Waals surface area contributed by atoms with Gasteiger partial charge in [-0.3, -0.25) is 9.78 Å². The molecule has 0 radical (unpaired) electrons. The number of anilines is 2. The monoisotopic (exact) mass is 493 g/mol. The number of aromatic nitrogens is 3. The molecule has 1 unspecified atom stereocenters. The molecule has 190 valence electrons. The van der Waals surface area contributed by atoms with Gasteiger partial charge in [0.15, 0.2) is 11.5 Å². The Labute approximate surface area is 210 Å². The number of ether oxygens (including phenoxy) is 1. The summed E-state index contributed by atoms with van der Waals surface area (Å²) in [7, 11) is 0. The molecule has 36 heavy (non-hydrogen) atoms. The number of piperazine rings is 1. The van der Waals surface area contributed by atoms with Crippen molar-refractivity contribution in [2.75, 3.05) is 62.6 Å². The van der Waals surface area contributed by atoms with Crippen LogP contribution in [0.2, 0.25) is 0 Å². The fraction of sp³-hybridized carbons (Fsp3) is 0.462. The summed E-state index contributed by atoms with van der Waals surface area (Å²) in [6.07, 6.45) is 3.42. The number of carbonyl (C=O) groups is 1. The summed E-state index contributed by atoms with van der Waals surface area (Å²) in [6.45, 7) is 7.97. The van der Waals surface area contributed by atoms with Gasteiger partial charge in [-0.2, -0.15) is 0 Å². The first-order valence-corrected chi connectivity index (χ1v) is 12.4. The minimum atomic E-state index is -1.84. The molecule has 0 aliphatic carbocycles. The number of pyridine rings is 1. The molecule has 1 aromatic carbocycles. The second-order valence-electron chi connectivity index (χ2n) is 9.66. The van der Waals surface area contributed by atoms with Crippen LogP contribution in [0.1, 0.15) is 13.8 Å². The molecule has 4 heterocycles. The third kappa shape index (κ3) is 5.39. The Morgan fingerprint density at radius 2 is 1.92 bits per heavy atom. The van der Waals surface area contributed by atoms with Crippen LogP contribution in [0.25, 0.3) is 22.3 Å². The zero-order chi connectivity index (χ0) is 25.1. The molecule has 2 aromatic heterocycles. The second-order valence-corrected chi connectivity index (χ2v) is 9.66. The number of halogens is 1. The van der Waals surface area contributed by atoms with Crippen LogP contribution < -0.4 is 15.5 Å². The number of rotatable bonds is 6. The van der Waals surface area contributed by atoms with E-state index in [1.165, 1.54) is 13.8 Å². The number of hydrogen-bond acceptors (Lipinski definition) is 8. The Hall–Kier alpha value is -3.37. The van der Waals surface area contributed by atoms with Gasteiger partial charge in [0.25, 0.3) is 5.91 Å². The summed E-state index contributed by atoms with van der Waals surface area (Å²) in [5.41, 5.74) is 2.50. The topological polar surface area (TPSA) is 95.5 Å². The number of amides is 1. The van der Waals surface area contributed by atoms with Gasteiger partial charge in [0.05, 0.1) is 23.9 Å². The number of nitrogens with one attached hydrogen (secondary N) is 2. The van der Waals surface area contributed by atoms with Crippen molar-refractivity contribution in [2.45, 2.75) is 25.6 Å². The number of fused-ring (bicyclic) bond motifs is 1. The fourth-order valence-corrected chi connectivity index (χ4v) is 4.59. The zero-order valence-electron chi connectivity index (χ0n) is 20.7. The van der Waals surface area contributed by atoms with E-state index in [-0.39, 0.29) is 6.10 Å². The van der Waals surface area contributed by atoms with E-state index in [9.17, 15) is 9.18 Å². The maximum absolute atomic E-state index is 14.0. The van der Waals surface area contributed by atoms with Crippen LogP contribution in [-0.2, 0) is 9.53 Å². The van der Waals surface area contributed by atoms with Crippen molar-refractivity contribution in [1.29, 1.82) is 0 Å². The molecule has 2 aliphatic rings. The van der Waals surface area contributed by atoms with E-state index in [0.29, 0.717) is 45.1 Å². The van der Waals surface area contributed by atoms with Gasteiger partial charge in [-0.05, 0) is 32.0 Å². The van der Waals surface area contributed by atoms with Crippen LogP contribution in [-0.4, -0.2) is 90.0 Å². The average Bonchev–Trinajstić information content (AvgIpc) is 2.91. The van der Waals surface area contributed by atoms with Crippen LogP contribution in [0.5, 0.6) is 0 Å². The smallest absolute Gasteiger partial charge is 0.259 e. The molecule has 2 saturated heterocycles. The minimum Gasteiger partial charge on any atom is -0.374 e. The quantitative estimate of drug-likeness (QED) is 0.541. The Bertz CT molecular complexity index is 1200. The fourth-order valence-electron chi connectivity index (χ4n) is 4.59. The van der Waals surface area contributed by atoms with Gasteiger partial charge in [-0.15, -0.1) is 0 Å². The number of hydrogen-bond donors (Lipinski definition) is 2. The first-order chi connectivity index (χ1) is 17.4. The number of benzene rings is 1. The molecule has 9 nitrogen and oxygen atoms in total. The Balaban J connectivity index is 1.30. The van der Waals surface area contributed by atoms with Crippen LogP contribution >= 0.6 is 0 Å².